The zero-order chi connectivity index (χ0) is 12.9. The molecule has 0 saturated heterocycles. The van der Waals surface area contributed by atoms with Crippen LogP contribution in [0.25, 0.3) is 0 Å². The summed E-state index contributed by atoms with van der Waals surface area (Å²) in [6.45, 7) is 7.69. The van der Waals surface area contributed by atoms with Gasteiger partial charge in [0.15, 0.2) is 0 Å². The molecule has 3 N–H and O–H groups in total. The lowest BCUT2D eigenvalue weighted by Crippen LogP contribution is -2.39. The number of rotatable bonds is 5. The van der Waals surface area contributed by atoms with E-state index in [-0.39, 0.29) is 17.6 Å². The third kappa shape index (κ3) is 6.64. The molecule has 4 nitrogen and oxygen atoms in total. The molecule has 0 aromatic carbocycles. The van der Waals surface area contributed by atoms with Crippen molar-refractivity contribution in [2.24, 2.45) is 5.92 Å². The van der Waals surface area contributed by atoms with Crippen LogP contribution in [0, 0.1) is 5.92 Å². The van der Waals surface area contributed by atoms with Crippen molar-refractivity contribution in [2.45, 2.75) is 58.1 Å². The molecule has 1 aliphatic rings. The van der Waals surface area contributed by atoms with Crippen molar-refractivity contribution in [3.05, 3.63) is 0 Å². The van der Waals surface area contributed by atoms with E-state index in [9.17, 15) is 9.90 Å². The zero-order valence-corrected chi connectivity index (χ0v) is 11.3. The molecule has 1 fully saturated rings. The molecule has 0 aromatic heterocycles. The highest BCUT2D eigenvalue weighted by molar-refractivity contribution is 5.76. The second-order valence-electron chi connectivity index (χ2n) is 6.06. The minimum absolute atomic E-state index is 0.0653. The molecular weight excluding hydrogens is 216 g/mol. The Morgan fingerprint density at radius 2 is 2.06 bits per heavy atom. The summed E-state index contributed by atoms with van der Waals surface area (Å²) in [5.41, 5.74) is 0.0653. The van der Waals surface area contributed by atoms with Crippen LogP contribution < -0.4 is 10.6 Å². The summed E-state index contributed by atoms with van der Waals surface area (Å²) in [5.74, 6) is 0.563. The summed E-state index contributed by atoms with van der Waals surface area (Å²) < 4.78 is 0. The van der Waals surface area contributed by atoms with Crippen LogP contribution in [0.1, 0.15) is 46.5 Å². The third-order valence-corrected chi connectivity index (χ3v) is 3.11. The number of nitrogens with one attached hydrogen (secondary N) is 2. The fourth-order valence-corrected chi connectivity index (χ4v) is 2.13. The van der Waals surface area contributed by atoms with Crippen LogP contribution in [-0.4, -0.2) is 35.7 Å². The smallest absolute Gasteiger partial charge is 0.221 e. The van der Waals surface area contributed by atoms with Crippen molar-refractivity contribution in [1.82, 2.24) is 10.6 Å². The summed E-state index contributed by atoms with van der Waals surface area (Å²) in [4.78, 5) is 11.6. The molecule has 100 valence electrons. The molecule has 4 heteroatoms. The van der Waals surface area contributed by atoms with Gasteiger partial charge in [-0.15, -0.1) is 0 Å². The van der Waals surface area contributed by atoms with Gasteiger partial charge in [0.25, 0.3) is 0 Å². The van der Waals surface area contributed by atoms with Gasteiger partial charge < -0.3 is 15.7 Å². The van der Waals surface area contributed by atoms with Crippen LogP contribution in [0.15, 0.2) is 0 Å². The van der Waals surface area contributed by atoms with E-state index in [1.54, 1.807) is 0 Å². The first kappa shape index (κ1) is 14.5. The predicted molar refractivity (Wildman–Crippen MR) is 68.7 cm³/mol. The maximum atomic E-state index is 11.6. The third-order valence-electron chi connectivity index (χ3n) is 3.11. The monoisotopic (exact) mass is 242 g/mol. The van der Waals surface area contributed by atoms with Crippen LogP contribution >= 0.6 is 0 Å². The van der Waals surface area contributed by atoms with E-state index in [4.69, 9.17) is 0 Å². The molecule has 0 bridgehead atoms. The fourth-order valence-electron chi connectivity index (χ4n) is 2.13. The normalized spacial score (nSPS) is 24.9. The lowest BCUT2D eigenvalue weighted by Gasteiger charge is -2.20. The number of aliphatic hydroxyl groups excluding tert-OH is 1. The average molecular weight is 242 g/mol. The van der Waals surface area contributed by atoms with Crippen LogP contribution in [0.5, 0.6) is 0 Å². The van der Waals surface area contributed by atoms with Crippen molar-refractivity contribution in [2.75, 3.05) is 13.1 Å². The van der Waals surface area contributed by atoms with Crippen molar-refractivity contribution >= 4 is 5.91 Å². The Hall–Kier alpha value is -0.610. The van der Waals surface area contributed by atoms with Crippen molar-refractivity contribution < 1.29 is 9.90 Å². The first-order chi connectivity index (χ1) is 7.87. The Balaban J connectivity index is 2.05. The molecule has 1 aliphatic carbocycles. The van der Waals surface area contributed by atoms with Gasteiger partial charge in [-0.3, -0.25) is 4.79 Å². The van der Waals surface area contributed by atoms with E-state index in [2.05, 4.69) is 31.4 Å². The number of amides is 1. The maximum Gasteiger partial charge on any atom is 0.221 e. The second kappa shape index (κ2) is 6.36. The molecule has 0 spiro atoms. The van der Waals surface area contributed by atoms with Gasteiger partial charge in [-0.1, -0.05) is 0 Å². The summed E-state index contributed by atoms with van der Waals surface area (Å²) in [6.07, 6.45) is 3.11. The highest BCUT2D eigenvalue weighted by Crippen LogP contribution is 2.24. The quantitative estimate of drug-likeness (QED) is 0.675. The van der Waals surface area contributed by atoms with Gasteiger partial charge in [-0.05, 0) is 46.0 Å². The molecule has 0 heterocycles. The largest absolute Gasteiger partial charge is 0.393 e. The van der Waals surface area contributed by atoms with Gasteiger partial charge in [-0.2, -0.15) is 0 Å². The lowest BCUT2D eigenvalue weighted by atomic mass is 10.1. The van der Waals surface area contributed by atoms with Crippen molar-refractivity contribution in [3.63, 3.8) is 0 Å². The van der Waals surface area contributed by atoms with Gasteiger partial charge >= 0.3 is 0 Å². The predicted octanol–water partition coefficient (Wildman–Crippen LogP) is 1.04. The number of carbonyl (C=O) groups is 1. The summed E-state index contributed by atoms with van der Waals surface area (Å²) in [7, 11) is 0. The maximum absolute atomic E-state index is 11.6. The molecule has 0 radical (unpaired) electrons. The molecular formula is C13H26N2O2. The van der Waals surface area contributed by atoms with E-state index in [0.29, 0.717) is 25.4 Å². The van der Waals surface area contributed by atoms with Gasteiger partial charge in [0, 0.05) is 25.0 Å². The van der Waals surface area contributed by atoms with Gasteiger partial charge in [0.2, 0.25) is 5.91 Å². The number of hydrogen-bond donors (Lipinski definition) is 3. The number of hydrogen-bond acceptors (Lipinski definition) is 3. The highest BCUT2D eigenvalue weighted by atomic mass is 16.3. The molecule has 2 atom stereocenters. The number of carbonyl (C=O) groups excluding carboxylic acids is 1. The van der Waals surface area contributed by atoms with E-state index in [1.807, 2.05) is 0 Å². The Labute approximate surface area is 104 Å². The minimum atomic E-state index is -0.153. The Morgan fingerprint density at radius 3 is 2.59 bits per heavy atom. The van der Waals surface area contributed by atoms with Gasteiger partial charge in [0.1, 0.15) is 0 Å². The Morgan fingerprint density at radius 1 is 1.35 bits per heavy atom. The highest BCUT2D eigenvalue weighted by Gasteiger charge is 2.22. The van der Waals surface area contributed by atoms with E-state index in [1.165, 1.54) is 0 Å². The summed E-state index contributed by atoms with van der Waals surface area (Å²) >= 11 is 0. The van der Waals surface area contributed by atoms with Crippen LogP contribution in [-0.2, 0) is 4.79 Å². The standard InChI is InChI=1S/C13H26N2O2/c1-13(2,3)15-7-6-12(17)14-9-10-4-5-11(16)8-10/h10-11,15-16H,4-9H2,1-3H3,(H,14,17). The van der Waals surface area contributed by atoms with Crippen LogP contribution in [0.3, 0.4) is 0 Å². The molecule has 1 amide bonds. The topological polar surface area (TPSA) is 61.4 Å². The SMILES string of the molecule is CC(C)(C)NCCC(=O)NCC1CCC(O)C1. The first-order valence-electron chi connectivity index (χ1n) is 6.56. The fraction of sp³-hybridized carbons (Fsp3) is 0.923. The minimum Gasteiger partial charge on any atom is -0.393 e. The molecule has 0 aromatic rings. The van der Waals surface area contributed by atoms with Gasteiger partial charge in [0.05, 0.1) is 6.10 Å². The van der Waals surface area contributed by atoms with Crippen molar-refractivity contribution in [1.29, 1.82) is 0 Å². The van der Waals surface area contributed by atoms with Crippen LogP contribution in [0.2, 0.25) is 0 Å². The first-order valence-corrected chi connectivity index (χ1v) is 6.56. The molecule has 0 aliphatic heterocycles. The van der Waals surface area contributed by atoms with Gasteiger partial charge in [-0.25, -0.2) is 0 Å². The zero-order valence-electron chi connectivity index (χ0n) is 11.3. The van der Waals surface area contributed by atoms with E-state index >= 15 is 0 Å². The Kier molecular flexibility index (Phi) is 5.40. The van der Waals surface area contributed by atoms with Crippen molar-refractivity contribution in [3.8, 4) is 0 Å². The summed E-state index contributed by atoms with van der Waals surface area (Å²) in [6, 6.07) is 0. The van der Waals surface area contributed by atoms with E-state index in [0.717, 1.165) is 19.3 Å². The average Bonchev–Trinajstić information content (AvgIpc) is 2.59. The lowest BCUT2D eigenvalue weighted by molar-refractivity contribution is -0.121. The Bertz CT molecular complexity index is 248. The van der Waals surface area contributed by atoms with Crippen LogP contribution in [0.4, 0.5) is 0 Å². The molecule has 17 heavy (non-hydrogen) atoms. The second-order valence-corrected chi connectivity index (χ2v) is 6.06. The summed E-state index contributed by atoms with van der Waals surface area (Å²) in [5, 5.41) is 15.6. The molecule has 2 unspecified atom stereocenters. The molecule has 1 rings (SSSR count). The molecule has 1 saturated carbocycles. The van der Waals surface area contributed by atoms with E-state index < -0.39 is 0 Å². The number of aliphatic hydroxyl groups is 1.